The van der Waals surface area contributed by atoms with Crippen LogP contribution >= 0.6 is 0 Å². The maximum atomic E-state index is 11.3. The first kappa shape index (κ1) is 13.6. The monoisotopic (exact) mass is 273 g/mol. The van der Waals surface area contributed by atoms with Crippen molar-refractivity contribution in [2.45, 2.75) is 44.6 Å². The van der Waals surface area contributed by atoms with Crippen LogP contribution in [0.15, 0.2) is 24.3 Å². The molecule has 0 aromatic heterocycles. The number of carboxylic acid groups (broad SMARTS) is 1. The van der Waals surface area contributed by atoms with E-state index in [1.54, 1.807) is 0 Å². The zero-order valence-corrected chi connectivity index (χ0v) is 11.8. The van der Waals surface area contributed by atoms with Gasteiger partial charge in [0.2, 0.25) is 0 Å². The van der Waals surface area contributed by atoms with Crippen LogP contribution in [-0.2, 0) is 11.2 Å². The van der Waals surface area contributed by atoms with Crippen molar-refractivity contribution in [1.29, 1.82) is 0 Å². The van der Waals surface area contributed by atoms with E-state index in [9.17, 15) is 9.90 Å². The van der Waals surface area contributed by atoms with Gasteiger partial charge < -0.3 is 10.4 Å². The third kappa shape index (κ3) is 2.73. The molecule has 3 atom stereocenters. The standard InChI is InChI=1S/C17H23NO2/c19-17(20)15-8-4-2-6-13(15)11-18-16-10-9-12-5-1-3-7-14(12)16/h1,3,5,7,13,15-16,18H,2,4,6,8-11H2,(H,19,20). The molecule has 2 aliphatic rings. The lowest BCUT2D eigenvalue weighted by molar-refractivity contribution is -0.144. The van der Waals surface area contributed by atoms with Gasteiger partial charge in [-0.15, -0.1) is 0 Å². The molecule has 0 radical (unpaired) electrons. The lowest BCUT2D eigenvalue weighted by Crippen LogP contribution is -2.35. The summed E-state index contributed by atoms with van der Waals surface area (Å²) in [5.74, 6) is -0.453. The number of aryl methyl sites for hydroxylation is 1. The van der Waals surface area contributed by atoms with Gasteiger partial charge in [-0.2, -0.15) is 0 Å². The molecule has 0 aliphatic heterocycles. The molecule has 3 heteroatoms. The van der Waals surface area contributed by atoms with E-state index in [0.29, 0.717) is 12.0 Å². The van der Waals surface area contributed by atoms with Crippen LogP contribution in [0.5, 0.6) is 0 Å². The Morgan fingerprint density at radius 3 is 2.85 bits per heavy atom. The third-order valence-electron chi connectivity index (χ3n) is 4.99. The fourth-order valence-corrected chi connectivity index (χ4v) is 3.84. The minimum absolute atomic E-state index is 0.145. The van der Waals surface area contributed by atoms with Gasteiger partial charge in [0.25, 0.3) is 0 Å². The predicted molar refractivity (Wildman–Crippen MR) is 78.6 cm³/mol. The van der Waals surface area contributed by atoms with Crippen LogP contribution in [0.1, 0.15) is 49.3 Å². The van der Waals surface area contributed by atoms with Crippen LogP contribution in [-0.4, -0.2) is 17.6 Å². The fraction of sp³-hybridized carbons (Fsp3) is 0.588. The van der Waals surface area contributed by atoms with Crippen LogP contribution in [0.25, 0.3) is 0 Å². The zero-order chi connectivity index (χ0) is 13.9. The van der Waals surface area contributed by atoms with Crippen molar-refractivity contribution in [2.75, 3.05) is 6.54 Å². The summed E-state index contributed by atoms with van der Waals surface area (Å²) in [6, 6.07) is 9.03. The average Bonchev–Trinajstić information content (AvgIpc) is 2.88. The van der Waals surface area contributed by atoms with Gasteiger partial charge in [-0.3, -0.25) is 4.79 Å². The molecule has 20 heavy (non-hydrogen) atoms. The Kier molecular flexibility index (Phi) is 4.06. The lowest BCUT2D eigenvalue weighted by Gasteiger charge is -2.30. The minimum Gasteiger partial charge on any atom is -0.481 e. The Morgan fingerprint density at radius 2 is 2.00 bits per heavy atom. The first-order valence-electron chi connectivity index (χ1n) is 7.79. The number of rotatable bonds is 4. The maximum Gasteiger partial charge on any atom is 0.306 e. The van der Waals surface area contributed by atoms with E-state index in [4.69, 9.17) is 0 Å². The van der Waals surface area contributed by atoms with Gasteiger partial charge in [0.05, 0.1) is 5.92 Å². The van der Waals surface area contributed by atoms with Crippen molar-refractivity contribution in [3.8, 4) is 0 Å². The topological polar surface area (TPSA) is 49.3 Å². The molecule has 2 aliphatic carbocycles. The number of aliphatic carboxylic acids is 1. The molecule has 0 heterocycles. The largest absolute Gasteiger partial charge is 0.481 e. The lowest BCUT2D eigenvalue weighted by atomic mass is 9.79. The highest BCUT2D eigenvalue weighted by Crippen LogP contribution is 2.33. The molecule has 1 aromatic rings. The Morgan fingerprint density at radius 1 is 1.20 bits per heavy atom. The molecule has 1 aromatic carbocycles. The molecule has 0 saturated heterocycles. The SMILES string of the molecule is O=C(O)C1CCCCC1CNC1CCc2ccccc21. The van der Waals surface area contributed by atoms with E-state index < -0.39 is 5.97 Å². The molecular weight excluding hydrogens is 250 g/mol. The second-order valence-corrected chi connectivity index (χ2v) is 6.19. The third-order valence-corrected chi connectivity index (χ3v) is 4.99. The van der Waals surface area contributed by atoms with Gasteiger partial charge >= 0.3 is 5.97 Å². The molecule has 0 amide bonds. The number of nitrogens with one attached hydrogen (secondary N) is 1. The Bertz CT molecular complexity index is 486. The summed E-state index contributed by atoms with van der Waals surface area (Å²) >= 11 is 0. The van der Waals surface area contributed by atoms with E-state index in [-0.39, 0.29) is 5.92 Å². The van der Waals surface area contributed by atoms with Crippen molar-refractivity contribution in [1.82, 2.24) is 5.32 Å². The van der Waals surface area contributed by atoms with Gasteiger partial charge in [0.1, 0.15) is 0 Å². The summed E-state index contributed by atoms with van der Waals surface area (Å²) in [7, 11) is 0. The van der Waals surface area contributed by atoms with Gasteiger partial charge in [-0.1, -0.05) is 37.1 Å². The van der Waals surface area contributed by atoms with Crippen LogP contribution < -0.4 is 5.32 Å². The molecule has 0 bridgehead atoms. The molecule has 1 fully saturated rings. The number of hydrogen-bond donors (Lipinski definition) is 2. The second-order valence-electron chi connectivity index (χ2n) is 6.19. The normalized spacial score (nSPS) is 29.1. The quantitative estimate of drug-likeness (QED) is 0.886. The molecule has 3 unspecified atom stereocenters. The predicted octanol–water partition coefficient (Wildman–Crippen LogP) is 3.15. The van der Waals surface area contributed by atoms with E-state index in [1.807, 2.05) is 0 Å². The van der Waals surface area contributed by atoms with Gasteiger partial charge in [0.15, 0.2) is 0 Å². The van der Waals surface area contributed by atoms with Crippen LogP contribution in [0.2, 0.25) is 0 Å². The van der Waals surface area contributed by atoms with E-state index in [2.05, 4.69) is 29.6 Å². The smallest absolute Gasteiger partial charge is 0.306 e. The summed E-state index contributed by atoms with van der Waals surface area (Å²) in [4.78, 5) is 11.3. The molecule has 2 N–H and O–H groups in total. The van der Waals surface area contributed by atoms with Crippen molar-refractivity contribution in [3.63, 3.8) is 0 Å². The second kappa shape index (κ2) is 5.96. The number of benzene rings is 1. The highest BCUT2D eigenvalue weighted by molar-refractivity contribution is 5.70. The molecular formula is C17H23NO2. The highest BCUT2D eigenvalue weighted by Gasteiger charge is 2.31. The molecule has 0 spiro atoms. The van der Waals surface area contributed by atoms with Crippen molar-refractivity contribution in [2.24, 2.45) is 11.8 Å². The minimum atomic E-state index is -0.608. The Hall–Kier alpha value is -1.35. The number of carbonyl (C=O) groups is 1. The number of fused-ring (bicyclic) bond motifs is 1. The van der Waals surface area contributed by atoms with Gasteiger partial charge in [-0.25, -0.2) is 0 Å². The maximum absolute atomic E-state index is 11.3. The van der Waals surface area contributed by atoms with E-state index in [0.717, 1.165) is 38.6 Å². The Labute approximate surface area is 120 Å². The van der Waals surface area contributed by atoms with E-state index in [1.165, 1.54) is 17.5 Å². The van der Waals surface area contributed by atoms with Crippen molar-refractivity contribution in [3.05, 3.63) is 35.4 Å². The molecule has 108 valence electrons. The summed E-state index contributed by atoms with van der Waals surface area (Å²) in [5, 5.41) is 13.0. The molecule has 1 saturated carbocycles. The van der Waals surface area contributed by atoms with Crippen molar-refractivity contribution >= 4 is 5.97 Å². The number of hydrogen-bond acceptors (Lipinski definition) is 2. The summed E-state index contributed by atoms with van der Waals surface area (Å²) < 4.78 is 0. The summed E-state index contributed by atoms with van der Waals surface area (Å²) in [5.41, 5.74) is 2.86. The zero-order valence-electron chi connectivity index (χ0n) is 11.8. The van der Waals surface area contributed by atoms with Gasteiger partial charge in [0, 0.05) is 6.04 Å². The van der Waals surface area contributed by atoms with Crippen LogP contribution in [0.4, 0.5) is 0 Å². The highest BCUT2D eigenvalue weighted by atomic mass is 16.4. The van der Waals surface area contributed by atoms with Gasteiger partial charge in [-0.05, 0) is 49.3 Å². The summed E-state index contributed by atoms with van der Waals surface area (Å²) in [6.45, 7) is 0.843. The Balaban J connectivity index is 1.61. The summed E-state index contributed by atoms with van der Waals surface area (Å²) in [6.07, 6.45) is 6.43. The van der Waals surface area contributed by atoms with E-state index >= 15 is 0 Å². The first-order chi connectivity index (χ1) is 9.75. The average molecular weight is 273 g/mol. The fourth-order valence-electron chi connectivity index (χ4n) is 3.84. The first-order valence-corrected chi connectivity index (χ1v) is 7.79. The number of carboxylic acids is 1. The van der Waals surface area contributed by atoms with Crippen molar-refractivity contribution < 1.29 is 9.90 Å². The van der Waals surface area contributed by atoms with Crippen LogP contribution in [0.3, 0.4) is 0 Å². The van der Waals surface area contributed by atoms with Crippen LogP contribution in [0, 0.1) is 11.8 Å². The molecule has 3 rings (SSSR count). The molecule has 3 nitrogen and oxygen atoms in total.